The first-order valence-electron chi connectivity index (χ1n) is 7.76. The quantitative estimate of drug-likeness (QED) is 0.408. The summed E-state index contributed by atoms with van der Waals surface area (Å²) in [4.78, 5) is 24.3. The molecule has 0 radical (unpaired) electrons. The molecule has 0 bridgehead atoms. The summed E-state index contributed by atoms with van der Waals surface area (Å²) in [5.74, 6) is -0.761. The Balaban J connectivity index is 2.51. The van der Waals surface area contributed by atoms with Crippen molar-refractivity contribution in [1.29, 1.82) is 0 Å². The molecule has 1 aromatic rings. The van der Waals surface area contributed by atoms with Crippen molar-refractivity contribution < 1.29 is 22.7 Å². The highest BCUT2D eigenvalue weighted by atomic mass is 32.2. The van der Waals surface area contributed by atoms with E-state index < -0.39 is 15.4 Å². The molecule has 0 fully saturated rings. The van der Waals surface area contributed by atoms with Gasteiger partial charge in [0, 0.05) is 20.2 Å². The third-order valence-electron chi connectivity index (χ3n) is 3.68. The van der Waals surface area contributed by atoms with Crippen molar-refractivity contribution in [3.8, 4) is 0 Å². The maximum atomic E-state index is 12.2. The number of hydrogen-bond acceptors (Lipinski definition) is 5. The zero-order valence-corrected chi connectivity index (χ0v) is 15.5. The first-order valence-corrected chi connectivity index (χ1v) is 9.31. The van der Waals surface area contributed by atoms with Crippen LogP contribution < -0.4 is 15.8 Å². The van der Waals surface area contributed by atoms with Crippen molar-refractivity contribution in [3.63, 3.8) is 0 Å². The van der Waals surface area contributed by atoms with E-state index in [9.17, 15) is 18.0 Å². The maximum absolute atomic E-state index is 12.2. The highest BCUT2D eigenvalue weighted by Gasteiger charge is 2.35. The summed E-state index contributed by atoms with van der Waals surface area (Å²) >= 11 is 0. The number of nitrogens with one attached hydrogen (secondary N) is 2. The number of primary sulfonamides is 1. The fraction of sp³-hybridized carbons (Fsp3) is 0.500. The molecule has 2 amide bonds. The first-order chi connectivity index (χ1) is 11.6. The van der Waals surface area contributed by atoms with E-state index in [1.165, 1.54) is 19.2 Å². The monoisotopic (exact) mass is 371 g/mol. The lowest BCUT2D eigenvalue weighted by atomic mass is 9.91. The zero-order chi connectivity index (χ0) is 19.1. The van der Waals surface area contributed by atoms with Crippen LogP contribution in [0.1, 0.15) is 19.4 Å². The minimum absolute atomic E-state index is 0.0362. The number of benzene rings is 1. The van der Waals surface area contributed by atoms with Gasteiger partial charge in [-0.3, -0.25) is 9.59 Å². The number of carbonyl (C=O) groups is 2. The second-order valence-corrected chi connectivity index (χ2v) is 7.63. The SMILES string of the molecule is COCCNC(=O)C(C)(C)C(=O)NCCc1ccc(S(N)(=O)=O)cc1. The van der Waals surface area contributed by atoms with Gasteiger partial charge in [0.15, 0.2) is 0 Å². The lowest BCUT2D eigenvalue weighted by molar-refractivity contribution is -0.141. The fourth-order valence-electron chi connectivity index (χ4n) is 1.98. The third-order valence-corrected chi connectivity index (χ3v) is 4.61. The second-order valence-electron chi connectivity index (χ2n) is 6.07. The van der Waals surface area contributed by atoms with E-state index in [1.54, 1.807) is 26.0 Å². The number of hydrogen-bond donors (Lipinski definition) is 3. The molecule has 0 saturated carbocycles. The summed E-state index contributed by atoms with van der Waals surface area (Å²) in [5, 5.41) is 10.4. The summed E-state index contributed by atoms with van der Waals surface area (Å²) in [6, 6.07) is 6.10. The molecule has 0 unspecified atom stereocenters. The van der Waals surface area contributed by atoms with Crippen LogP contribution in [0.25, 0.3) is 0 Å². The van der Waals surface area contributed by atoms with Gasteiger partial charge in [-0.05, 0) is 38.0 Å². The highest BCUT2D eigenvalue weighted by molar-refractivity contribution is 7.89. The minimum Gasteiger partial charge on any atom is -0.383 e. The van der Waals surface area contributed by atoms with Gasteiger partial charge in [-0.25, -0.2) is 13.6 Å². The van der Waals surface area contributed by atoms with E-state index in [1.807, 2.05) is 0 Å². The predicted octanol–water partition coefficient (Wildman–Crippen LogP) is -0.218. The molecule has 0 aliphatic carbocycles. The lowest BCUT2D eigenvalue weighted by Gasteiger charge is -2.22. The fourth-order valence-corrected chi connectivity index (χ4v) is 2.49. The first kappa shape index (κ1) is 21.1. The topological polar surface area (TPSA) is 128 Å². The van der Waals surface area contributed by atoms with Crippen molar-refractivity contribution in [1.82, 2.24) is 10.6 Å². The normalized spacial score (nSPS) is 11.8. The van der Waals surface area contributed by atoms with Gasteiger partial charge < -0.3 is 15.4 Å². The number of sulfonamides is 1. The van der Waals surface area contributed by atoms with Gasteiger partial charge in [0.25, 0.3) is 0 Å². The molecule has 1 rings (SSSR count). The molecule has 0 spiro atoms. The van der Waals surface area contributed by atoms with E-state index in [-0.39, 0.29) is 16.7 Å². The Kier molecular flexibility index (Phi) is 7.53. The average molecular weight is 371 g/mol. The molecule has 9 heteroatoms. The molecular formula is C16H25N3O5S. The number of methoxy groups -OCH3 is 1. The van der Waals surface area contributed by atoms with Crippen molar-refractivity contribution in [2.24, 2.45) is 10.6 Å². The number of carbonyl (C=O) groups excluding carboxylic acids is 2. The van der Waals surface area contributed by atoms with Crippen LogP contribution in [0.2, 0.25) is 0 Å². The summed E-state index contributed by atoms with van der Waals surface area (Å²) in [6.45, 7) is 4.12. The smallest absolute Gasteiger partial charge is 0.238 e. The van der Waals surface area contributed by atoms with Crippen LogP contribution in [0, 0.1) is 5.41 Å². The van der Waals surface area contributed by atoms with Gasteiger partial charge in [0.2, 0.25) is 21.8 Å². The number of amides is 2. The minimum atomic E-state index is -3.72. The third kappa shape index (κ3) is 6.45. The molecule has 140 valence electrons. The summed E-state index contributed by atoms with van der Waals surface area (Å²) in [5.41, 5.74) is -0.361. The molecule has 0 aromatic heterocycles. The molecule has 4 N–H and O–H groups in total. The molecule has 0 saturated heterocycles. The van der Waals surface area contributed by atoms with Crippen molar-refractivity contribution in [3.05, 3.63) is 29.8 Å². The average Bonchev–Trinajstić information content (AvgIpc) is 2.54. The van der Waals surface area contributed by atoms with Crippen LogP contribution in [-0.2, 0) is 30.8 Å². The Morgan fingerprint density at radius 1 is 1.08 bits per heavy atom. The second kappa shape index (κ2) is 8.93. The van der Waals surface area contributed by atoms with Gasteiger partial charge in [-0.2, -0.15) is 0 Å². The Bertz CT molecular complexity index is 699. The van der Waals surface area contributed by atoms with Gasteiger partial charge in [-0.1, -0.05) is 12.1 Å². The zero-order valence-electron chi connectivity index (χ0n) is 14.7. The lowest BCUT2D eigenvalue weighted by Crippen LogP contribution is -2.48. The molecule has 0 aliphatic heterocycles. The molecule has 8 nitrogen and oxygen atoms in total. The maximum Gasteiger partial charge on any atom is 0.238 e. The molecule has 0 atom stereocenters. The van der Waals surface area contributed by atoms with E-state index in [2.05, 4.69) is 10.6 Å². The standard InChI is InChI=1S/C16H25N3O5S/c1-16(2,15(21)19-10-11-24-3)14(20)18-9-8-12-4-6-13(7-5-12)25(17,22)23/h4-7H,8-11H2,1-3H3,(H,18,20)(H,19,21)(H2,17,22,23). The molecule has 25 heavy (non-hydrogen) atoms. The number of nitrogens with two attached hydrogens (primary N) is 1. The van der Waals surface area contributed by atoms with E-state index >= 15 is 0 Å². The Hall–Kier alpha value is -1.97. The summed E-state index contributed by atoms with van der Waals surface area (Å²) in [7, 11) is -2.19. The van der Waals surface area contributed by atoms with Crippen LogP contribution in [-0.4, -0.2) is 47.0 Å². The van der Waals surface area contributed by atoms with Gasteiger partial charge in [0.05, 0.1) is 11.5 Å². The largest absolute Gasteiger partial charge is 0.383 e. The number of rotatable bonds is 9. The van der Waals surface area contributed by atoms with Crippen LogP contribution in [0.4, 0.5) is 0 Å². The molecule has 0 heterocycles. The number of ether oxygens (including phenoxy) is 1. The highest BCUT2D eigenvalue weighted by Crippen LogP contribution is 2.15. The molecular weight excluding hydrogens is 346 g/mol. The van der Waals surface area contributed by atoms with E-state index in [0.717, 1.165) is 5.56 Å². The van der Waals surface area contributed by atoms with E-state index in [4.69, 9.17) is 9.88 Å². The van der Waals surface area contributed by atoms with Crippen molar-refractivity contribution >= 4 is 21.8 Å². The Morgan fingerprint density at radius 2 is 1.60 bits per heavy atom. The Labute approximate surface area is 148 Å². The van der Waals surface area contributed by atoms with E-state index in [0.29, 0.717) is 26.1 Å². The van der Waals surface area contributed by atoms with Crippen LogP contribution >= 0.6 is 0 Å². The van der Waals surface area contributed by atoms with Crippen LogP contribution in [0.5, 0.6) is 0 Å². The van der Waals surface area contributed by atoms with Crippen LogP contribution in [0.15, 0.2) is 29.2 Å². The summed E-state index contributed by atoms with van der Waals surface area (Å²) < 4.78 is 27.2. The summed E-state index contributed by atoms with van der Waals surface area (Å²) in [6.07, 6.45) is 0.498. The predicted molar refractivity (Wildman–Crippen MR) is 93.2 cm³/mol. The van der Waals surface area contributed by atoms with Gasteiger partial charge in [0.1, 0.15) is 5.41 Å². The van der Waals surface area contributed by atoms with Gasteiger partial charge in [-0.15, -0.1) is 0 Å². The Morgan fingerprint density at radius 3 is 2.08 bits per heavy atom. The molecule has 1 aromatic carbocycles. The van der Waals surface area contributed by atoms with Gasteiger partial charge >= 0.3 is 0 Å². The van der Waals surface area contributed by atoms with Crippen molar-refractivity contribution in [2.75, 3.05) is 26.8 Å². The van der Waals surface area contributed by atoms with Crippen LogP contribution in [0.3, 0.4) is 0 Å². The molecule has 0 aliphatic rings. The van der Waals surface area contributed by atoms with Crippen molar-refractivity contribution in [2.45, 2.75) is 25.2 Å².